The van der Waals surface area contributed by atoms with Gasteiger partial charge >= 0.3 is 0 Å². The van der Waals surface area contributed by atoms with E-state index in [1.807, 2.05) is 31.5 Å². The van der Waals surface area contributed by atoms with Crippen molar-refractivity contribution in [2.45, 2.75) is 38.0 Å². The van der Waals surface area contributed by atoms with E-state index in [1.54, 1.807) is 4.52 Å². The Bertz CT molecular complexity index is 1000. The van der Waals surface area contributed by atoms with Gasteiger partial charge in [-0.15, -0.1) is 0 Å². The third kappa shape index (κ3) is 3.10. The molecular formula is C21H25N5O2. The molecule has 2 aliphatic rings. The van der Waals surface area contributed by atoms with Gasteiger partial charge in [0.15, 0.2) is 0 Å². The lowest BCUT2D eigenvalue weighted by molar-refractivity contribution is -0.0879. The Morgan fingerprint density at radius 1 is 1.18 bits per heavy atom. The number of hydrogen-bond donors (Lipinski definition) is 1. The first-order chi connectivity index (χ1) is 13.6. The Hall–Kier alpha value is -2.64. The highest BCUT2D eigenvalue weighted by molar-refractivity contribution is 5.74. The van der Waals surface area contributed by atoms with E-state index in [0.717, 1.165) is 54.1 Å². The van der Waals surface area contributed by atoms with Crippen LogP contribution in [-0.2, 0) is 4.74 Å². The number of fused-ring (bicyclic) bond motifs is 3. The van der Waals surface area contributed by atoms with Gasteiger partial charge in [-0.3, -0.25) is 9.88 Å². The highest BCUT2D eigenvalue weighted by Crippen LogP contribution is 2.35. The number of likely N-dealkylation sites (N-methyl/N-ethyl adjacent to an activating group) is 1. The number of hydrogen-bond acceptors (Lipinski definition) is 6. The molecule has 3 atom stereocenters. The van der Waals surface area contributed by atoms with Gasteiger partial charge < -0.3 is 15.2 Å². The predicted molar refractivity (Wildman–Crippen MR) is 107 cm³/mol. The zero-order chi connectivity index (χ0) is 19.3. The number of aryl methyl sites for hydroxylation is 1. The van der Waals surface area contributed by atoms with E-state index in [2.05, 4.69) is 34.2 Å². The van der Waals surface area contributed by atoms with Crippen molar-refractivity contribution in [2.24, 2.45) is 0 Å². The molecule has 2 bridgehead atoms. The number of pyridine rings is 2. The number of nitrogens with two attached hydrogens (primary N) is 1. The van der Waals surface area contributed by atoms with Gasteiger partial charge in [0.25, 0.3) is 0 Å². The van der Waals surface area contributed by atoms with Crippen LogP contribution in [-0.4, -0.2) is 57.9 Å². The van der Waals surface area contributed by atoms with Crippen molar-refractivity contribution < 1.29 is 9.47 Å². The van der Waals surface area contributed by atoms with Crippen molar-refractivity contribution in [3.8, 4) is 16.9 Å². The van der Waals surface area contributed by atoms with E-state index < -0.39 is 0 Å². The van der Waals surface area contributed by atoms with Crippen LogP contribution in [0.2, 0.25) is 0 Å². The summed E-state index contributed by atoms with van der Waals surface area (Å²) in [7, 11) is 2.19. The molecule has 0 amide bonds. The van der Waals surface area contributed by atoms with E-state index in [0.29, 0.717) is 17.9 Å². The van der Waals surface area contributed by atoms with Gasteiger partial charge in [0.05, 0.1) is 24.9 Å². The summed E-state index contributed by atoms with van der Waals surface area (Å²) in [5, 5.41) is 4.26. The summed E-state index contributed by atoms with van der Waals surface area (Å²) in [5.74, 6) is 1.34. The summed E-state index contributed by atoms with van der Waals surface area (Å²) in [6.45, 7) is 3.57. The minimum Gasteiger partial charge on any atom is -0.488 e. The zero-order valence-corrected chi connectivity index (χ0v) is 16.2. The van der Waals surface area contributed by atoms with Gasteiger partial charge in [-0.25, -0.2) is 4.52 Å². The van der Waals surface area contributed by atoms with Crippen molar-refractivity contribution in [1.29, 1.82) is 0 Å². The molecule has 7 nitrogen and oxygen atoms in total. The van der Waals surface area contributed by atoms with Crippen molar-refractivity contribution in [1.82, 2.24) is 19.5 Å². The molecule has 2 aliphatic heterocycles. The largest absolute Gasteiger partial charge is 0.488 e. The molecule has 2 saturated heterocycles. The quantitative estimate of drug-likeness (QED) is 0.753. The number of nitrogens with zero attached hydrogens (tertiary/aromatic N) is 4. The minimum absolute atomic E-state index is 0.174. The fraction of sp³-hybridized carbons (Fsp3) is 0.429. The smallest absolute Gasteiger partial charge is 0.146 e. The summed E-state index contributed by atoms with van der Waals surface area (Å²) in [6, 6.07) is 8.92. The van der Waals surface area contributed by atoms with Crippen LogP contribution in [0.15, 0.2) is 36.7 Å². The number of anilines is 1. The Labute approximate surface area is 164 Å². The Morgan fingerprint density at radius 3 is 2.75 bits per heavy atom. The van der Waals surface area contributed by atoms with Crippen LogP contribution in [0.5, 0.6) is 5.75 Å². The van der Waals surface area contributed by atoms with E-state index in [4.69, 9.17) is 15.2 Å². The molecule has 3 aromatic rings. The van der Waals surface area contributed by atoms with Crippen LogP contribution < -0.4 is 10.5 Å². The molecular weight excluding hydrogens is 354 g/mol. The molecule has 0 radical (unpaired) electrons. The molecule has 28 heavy (non-hydrogen) atoms. The lowest BCUT2D eigenvalue weighted by Gasteiger charge is -2.46. The second-order valence-corrected chi connectivity index (χ2v) is 7.90. The summed E-state index contributed by atoms with van der Waals surface area (Å²) in [5.41, 5.74) is 9.88. The summed E-state index contributed by atoms with van der Waals surface area (Å²) in [6.07, 6.45) is 5.90. The Balaban J connectivity index is 1.47. The maximum atomic E-state index is 6.51. The summed E-state index contributed by atoms with van der Waals surface area (Å²) < 4.78 is 14.0. The molecule has 3 aromatic heterocycles. The van der Waals surface area contributed by atoms with Crippen molar-refractivity contribution in [3.05, 3.63) is 42.4 Å². The number of aromatic nitrogens is 3. The van der Waals surface area contributed by atoms with E-state index in [1.165, 1.54) is 0 Å². The van der Waals surface area contributed by atoms with Crippen LogP contribution >= 0.6 is 0 Å². The van der Waals surface area contributed by atoms with E-state index in [9.17, 15) is 0 Å². The molecule has 7 heteroatoms. The van der Waals surface area contributed by atoms with Gasteiger partial charge in [0.2, 0.25) is 0 Å². The first-order valence-corrected chi connectivity index (χ1v) is 9.75. The van der Waals surface area contributed by atoms with Crippen LogP contribution in [0.1, 0.15) is 18.5 Å². The number of morpholine rings is 1. The minimum atomic E-state index is 0.174. The van der Waals surface area contributed by atoms with Crippen molar-refractivity contribution >= 4 is 11.3 Å². The van der Waals surface area contributed by atoms with Crippen molar-refractivity contribution in [2.75, 3.05) is 26.0 Å². The third-order valence-corrected chi connectivity index (χ3v) is 5.93. The van der Waals surface area contributed by atoms with Gasteiger partial charge in [-0.2, -0.15) is 5.10 Å². The Kier molecular flexibility index (Phi) is 4.21. The second-order valence-electron chi connectivity index (χ2n) is 7.90. The summed E-state index contributed by atoms with van der Waals surface area (Å²) >= 11 is 0. The SMILES string of the molecule is Cc1cc(-c2ccn3nc(N)cc3c2)c(OC2C[C@H]3COC[C@@H](C2)N3C)cn1. The number of piperidine rings is 1. The first kappa shape index (κ1) is 17.5. The molecule has 2 fully saturated rings. The highest BCUT2D eigenvalue weighted by Gasteiger charge is 2.38. The van der Waals surface area contributed by atoms with Crippen LogP contribution in [0.3, 0.4) is 0 Å². The van der Waals surface area contributed by atoms with Gasteiger partial charge in [0.1, 0.15) is 17.7 Å². The van der Waals surface area contributed by atoms with Gasteiger partial charge in [-0.05, 0) is 37.7 Å². The molecule has 5 rings (SSSR count). The molecule has 0 aliphatic carbocycles. The highest BCUT2D eigenvalue weighted by atomic mass is 16.5. The van der Waals surface area contributed by atoms with Crippen LogP contribution in [0.25, 0.3) is 16.6 Å². The molecule has 0 spiro atoms. The van der Waals surface area contributed by atoms with Crippen LogP contribution in [0.4, 0.5) is 5.82 Å². The van der Waals surface area contributed by atoms with Crippen molar-refractivity contribution in [3.63, 3.8) is 0 Å². The number of ether oxygens (including phenoxy) is 2. The standard InChI is InChI=1S/C21H25N5O2/c1-13-5-19(14-3-4-26-15(6-14)9-21(22)24-26)20(10-23-13)28-18-7-16-11-27-12-17(8-18)25(16)2/h3-6,9-10,16-18H,7-8,11-12H2,1-2H3,(H2,22,24)/t16-,17+,18?. The van der Waals surface area contributed by atoms with Crippen LogP contribution in [0, 0.1) is 6.92 Å². The normalized spacial score (nSPS) is 25.1. The third-order valence-electron chi connectivity index (χ3n) is 5.93. The lowest BCUT2D eigenvalue weighted by Crippen LogP contribution is -2.57. The molecule has 146 valence electrons. The zero-order valence-electron chi connectivity index (χ0n) is 16.2. The maximum Gasteiger partial charge on any atom is 0.146 e. The average molecular weight is 379 g/mol. The molecule has 2 N–H and O–H groups in total. The number of rotatable bonds is 3. The monoisotopic (exact) mass is 379 g/mol. The summed E-state index contributed by atoms with van der Waals surface area (Å²) in [4.78, 5) is 6.93. The topological polar surface area (TPSA) is 77.9 Å². The van der Waals surface area contributed by atoms with Gasteiger partial charge in [0, 0.05) is 48.4 Å². The number of nitrogen functional groups attached to an aromatic ring is 1. The maximum absolute atomic E-state index is 6.51. The average Bonchev–Trinajstić information content (AvgIpc) is 3.03. The molecule has 0 aromatic carbocycles. The lowest BCUT2D eigenvalue weighted by atomic mass is 9.92. The molecule has 1 unspecified atom stereocenters. The fourth-order valence-corrected chi connectivity index (χ4v) is 4.37. The van der Waals surface area contributed by atoms with E-state index >= 15 is 0 Å². The first-order valence-electron chi connectivity index (χ1n) is 9.75. The fourth-order valence-electron chi connectivity index (χ4n) is 4.37. The predicted octanol–water partition coefficient (Wildman–Crippen LogP) is 2.53. The Morgan fingerprint density at radius 2 is 1.96 bits per heavy atom. The van der Waals surface area contributed by atoms with E-state index in [-0.39, 0.29) is 6.10 Å². The molecule has 5 heterocycles. The van der Waals surface area contributed by atoms with Gasteiger partial charge in [-0.1, -0.05) is 0 Å². The molecule has 0 saturated carbocycles. The second kappa shape index (κ2) is 6.76.